The zero-order valence-electron chi connectivity index (χ0n) is 11.2. The van der Waals surface area contributed by atoms with Crippen molar-refractivity contribution in [3.8, 4) is 24.0 Å². The average Bonchev–Trinajstić information content (AvgIpc) is 2.43. The van der Waals surface area contributed by atoms with Gasteiger partial charge in [-0.05, 0) is 19.9 Å². The van der Waals surface area contributed by atoms with Crippen LogP contribution in [0.2, 0.25) is 10.0 Å². The van der Waals surface area contributed by atoms with Crippen molar-refractivity contribution in [2.45, 2.75) is 20.0 Å². The first kappa shape index (κ1) is 16.7. The van der Waals surface area contributed by atoms with E-state index < -0.39 is 0 Å². The van der Waals surface area contributed by atoms with Crippen LogP contribution in [0.5, 0.6) is 5.75 Å². The third-order valence-electron chi connectivity index (χ3n) is 2.23. The Balaban J connectivity index is 3.27. The molecule has 0 aliphatic heterocycles. The Kier molecular flexibility index (Phi) is 5.88. The summed E-state index contributed by atoms with van der Waals surface area (Å²) in [6.45, 7) is 3.67. The third kappa shape index (κ3) is 4.29. The standard InChI is InChI=1S/C14H10Cl2N4O/c1-8(2)21-14-4-12(10(15)3-11(14)16)20-13(7-19)9(5-17)6-18/h3-4,8,20H,1-2H3. The van der Waals surface area contributed by atoms with E-state index in [4.69, 9.17) is 43.7 Å². The quantitative estimate of drug-likeness (QED) is 0.846. The second-order valence-corrected chi connectivity index (χ2v) is 4.95. The van der Waals surface area contributed by atoms with Crippen molar-refractivity contribution in [2.75, 3.05) is 5.32 Å². The number of allylic oxidation sites excluding steroid dienone is 2. The van der Waals surface area contributed by atoms with Crippen LogP contribution in [0.4, 0.5) is 5.69 Å². The van der Waals surface area contributed by atoms with Crippen LogP contribution in [-0.2, 0) is 0 Å². The monoisotopic (exact) mass is 320 g/mol. The molecule has 21 heavy (non-hydrogen) atoms. The number of nitriles is 3. The largest absolute Gasteiger partial charge is 0.489 e. The van der Waals surface area contributed by atoms with E-state index in [1.807, 2.05) is 13.8 Å². The van der Waals surface area contributed by atoms with Gasteiger partial charge in [0.2, 0.25) is 0 Å². The molecule has 1 N–H and O–H groups in total. The van der Waals surface area contributed by atoms with Crippen molar-refractivity contribution in [3.05, 3.63) is 33.4 Å². The predicted molar refractivity (Wildman–Crippen MR) is 79.7 cm³/mol. The van der Waals surface area contributed by atoms with Crippen LogP contribution in [-0.4, -0.2) is 6.10 Å². The van der Waals surface area contributed by atoms with Gasteiger partial charge in [-0.15, -0.1) is 0 Å². The molecule has 0 aliphatic rings. The summed E-state index contributed by atoms with van der Waals surface area (Å²) in [7, 11) is 0. The second kappa shape index (κ2) is 7.41. The summed E-state index contributed by atoms with van der Waals surface area (Å²) in [5.74, 6) is 0.381. The molecule has 0 spiro atoms. The first-order valence-electron chi connectivity index (χ1n) is 5.80. The van der Waals surface area contributed by atoms with E-state index in [1.54, 1.807) is 18.2 Å². The van der Waals surface area contributed by atoms with E-state index in [-0.39, 0.29) is 22.4 Å². The lowest BCUT2D eigenvalue weighted by Crippen LogP contribution is -2.07. The molecule has 0 amide bonds. The van der Waals surface area contributed by atoms with Crippen molar-refractivity contribution in [2.24, 2.45) is 0 Å². The van der Waals surface area contributed by atoms with Gasteiger partial charge in [-0.25, -0.2) is 0 Å². The second-order valence-electron chi connectivity index (χ2n) is 4.14. The lowest BCUT2D eigenvalue weighted by atomic mass is 10.2. The Hall–Kier alpha value is -2.39. The molecule has 0 bridgehead atoms. The molecule has 0 aliphatic carbocycles. The number of hydrogen-bond donors (Lipinski definition) is 1. The van der Waals surface area contributed by atoms with Crippen molar-refractivity contribution in [1.29, 1.82) is 15.8 Å². The van der Waals surface area contributed by atoms with Gasteiger partial charge in [0.15, 0.2) is 5.57 Å². The minimum absolute atomic E-state index is 0.101. The van der Waals surface area contributed by atoms with Gasteiger partial charge >= 0.3 is 0 Å². The Morgan fingerprint density at radius 1 is 1.10 bits per heavy atom. The maximum atomic E-state index is 9.01. The lowest BCUT2D eigenvalue weighted by molar-refractivity contribution is 0.242. The van der Waals surface area contributed by atoms with Crippen LogP contribution < -0.4 is 10.1 Å². The van der Waals surface area contributed by atoms with Gasteiger partial charge in [0.1, 0.15) is 29.7 Å². The van der Waals surface area contributed by atoms with E-state index in [0.29, 0.717) is 16.5 Å². The lowest BCUT2D eigenvalue weighted by Gasteiger charge is -2.14. The van der Waals surface area contributed by atoms with E-state index in [9.17, 15) is 0 Å². The van der Waals surface area contributed by atoms with Gasteiger partial charge in [0.05, 0.1) is 21.8 Å². The molecular formula is C14H10Cl2N4O. The molecule has 0 aromatic heterocycles. The topological polar surface area (TPSA) is 92.6 Å². The van der Waals surface area contributed by atoms with Gasteiger partial charge in [-0.1, -0.05) is 23.2 Å². The minimum atomic E-state index is -0.338. The highest BCUT2D eigenvalue weighted by Crippen LogP contribution is 2.35. The highest BCUT2D eigenvalue weighted by molar-refractivity contribution is 6.37. The molecule has 1 rings (SSSR count). The molecule has 106 valence electrons. The average molecular weight is 321 g/mol. The number of rotatable bonds is 4. The number of ether oxygens (including phenoxy) is 1. The van der Waals surface area contributed by atoms with Crippen molar-refractivity contribution in [1.82, 2.24) is 0 Å². The minimum Gasteiger partial charge on any atom is -0.489 e. The molecular weight excluding hydrogens is 311 g/mol. The Morgan fingerprint density at radius 2 is 1.71 bits per heavy atom. The molecule has 0 heterocycles. The van der Waals surface area contributed by atoms with E-state index in [0.717, 1.165) is 0 Å². The molecule has 0 saturated carbocycles. The van der Waals surface area contributed by atoms with Crippen LogP contribution in [0.3, 0.4) is 0 Å². The van der Waals surface area contributed by atoms with Gasteiger partial charge in [-0.2, -0.15) is 15.8 Å². The molecule has 0 fully saturated rings. The maximum Gasteiger partial charge on any atom is 0.163 e. The summed E-state index contributed by atoms with van der Waals surface area (Å²) >= 11 is 12.0. The fraction of sp³-hybridized carbons (Fsp3) is 0.214. The van der Waals surface area contributed by atoms with Gasteiger partial charge in [0, 0.05) is 6.07 Å². The van der Waals surface area contributed by atoms with Gasteiger partial charge in [-0.3, -0.25) is 0 Å². The zero-order valence-corrected chi connectivity index (χ0v) is 12.7. The zero-order chi connectivity index (χ0) is 16.0. The fourth-order valence-corrected chi connectivity index (χ4v) is 1.86. The maximum absolute atomic E-state index is 9.01. The van der Waals surface area contributed by atoms with E-state index >= 15 is 0 Å². The summed E-state index contributed by atoms with van der Waals surface area (Å²) in [6.07, 6.45) is -0.101. The van der Waals surface area contributed by atoms with Crippen molar-refractivity contribution in [3.63, 3.8) is 0 Å². The Morgan fingerprint density at radius 3 is 2.19 bits per heavy atom. The van der Waals surface area contributed by atoms with Crippen molar-refractivity contribution >= 4 is 28.9 Å². The molecule has 0 radical (unpaired) electrons. The highest BCUT2D eigenvalue weighted by atomic mass is 35.5. The number of benzene rings is 1. The Bertz CT molecular complexity index is 689. The smallest absolute Gasteiger partial charge is 0.163 e. The summed E-state index contributed by atoms with van der Waals surface area (Å²) in [5, 5.41) is 29.8. The molecule has 5 nitrogen and oxygen atoms in total. The molecule has 0 atom stereocenters. The molecule has 1 aromatic carbocycles. The molecule has 0 unspecified atom stereocenters. The molecule has 0 saturated heterocycles. The Labute approximate surface area is 132 Å². The SMILES string of the molecule is CC(C)Oc1cc(NC(C#N)=C(C#N)C#N)c(Cl)cc1Cl. The van der Waals surface area contributed by atoms with Crippen molar-refractivity contribution < 1.29 is 4.74 Å². The van der Waals surface area contributed by atoms with Crippen LogP contribution in [0.15, 0.2) is 23.4 Å². The summed E-state index contributed by atoms with van der Waals surface area (Å²) in [6, 6.07) is 7.98. The van der Waals surface area contributed by atoms with Crippen LogP contribution in [0.25, 0.3) is 0 Å². The van der Waals surface area contributed by atoms with Gasteiger partial charge < -0.3 is 10.1 Å². The molecule has 1 aromatic rings. The summed E-state index contributed by atoms with van der Waals surface area (Å²) in [4.78, 5) is 0. The first-order chi connectivity index (χ1) is 9.92. The summed E-state index contributed by atoms with van der Waals surface area (Å²) < 4.78 is 5.51. The summed E-state index contributed by atoms with van der Waals surface area (Å²) in [5.41, 5.74) is -0.217. The highest BCUT2D eigenvalue weighted by Gasteiger charge is 2.13. The van der Waals surface area contributed by atoms with Gasteiger partial charge in [0.25, 0.3) is 0 Å². The number of nitrogens with one attached hydrogen (secondary N) is 1. The third-order valence-corrected chi connectivity index (χ3v) is 2.84. The predicted octanol–water partition coefficient (Wildman–Crippen LogP) is 4.02. The normalized spacial score (nSPS) is 9.24. The first-order valence-corrected chi connectivity index (χ1v) is 6.55. The fourth-order valence-electron chi connectivity index (χ4n) is 1.39. The number of halogens is 2. The van der Waals surface area contributed by atoms with E-state index in [1.165, 1.54) is 12.1 Å². The number of hydrogen-bond acceptors (Lipinski definition) is 5. The van der Waals surface area contributed by atoms with Crippen LogP contribution in [0, 0.1) is 34.0 Å². The number of anilines is 1. The van der Waals surface area contributed by atoms with Crippen LogP contribution in [0.1, 0.15) is 13.8 Å². The number of nitrogens with zero attached hydrogens (tertiary/aromatic N) is 3. The van der Waals surface area contributed by atoms with Crippen LogP contribution >= 0.6 is 23.2 Å². The van der Waals surface area contributed by atoms with E-state index in [2.05, 4.69) is 5.32 Å². The molecule has 7 heteroatoms.